The average molecular weight is 313 g/mol. The molecule has 0 radical (unpaired) electrons. The van der Waals surface area contributed by atoms with Crippen molar-refractivity contribution >= 4 is 15.8 Å². The van der Waals surface area contributed by atoms with Gasteiger partial charge in [0.15, 0.2) is 0 Å². The van der Waals surface area contributed by atoms with E-state index >= 15 is 0 Å². The van der Waals surface area contributed by atoms with E-state index in [2.05, 4.69) is 4.98 Å². The van der Waals surface area contributed by atoms with Crippen molar-refractivity contribution in [3.05, 3.63) is 24.5 Å². The topological polar surface area (TPSA) is 82.6 Å². The third-order valence-corrected chi connectivity index (χ3v) is 5.45. The first-order valence-electron chi connectivity index (χ1n) is 6.83. The molecule has 21 heavy (non-hydrogen) atoms. The highest BCUT2D eigenvalue weighted by molar-refractivity contribution is 7.91. The second-order valence-electron chi connectivity index (χ2n) is 5.12. The molecule has 1 aromatic rings. The first-order valence-corrected chi connectivity index (χ1v) is 8.65. The summed E-state index contributed by atoms with van der Waals surface area (Å²) in [5.74, 6) is -0.0165. The predicted molar refractivity (Wildman–Crippen MR) is 76.6 cm³/mol. The molecule has 0 N–H and O–H groups in total. The standard InChI is InChI=1S/C14H19NO5S/c1-19-14(16)13(10-20-12-3-2-6-15-9-12)11-4-7-21(17,18)8-5-11/h2-3,6,9,11,13H,4-5,7-8,10H2,1H3. The Labute approximate surface area is 124 Å². The molecule has 0 amide bonds. The van der Waals surface area contributed by atoms with E-state index in [1.54, 1.807) is 24.5 Å². The molecule has 116 valence electrons. The number of hydrogen-bond acceptors (Lipinski definition) is 6. The first-order chi connectivity index (χ1) is 10.0. The normalized spacial score (nSPS) is 19.7. The van der Waals surface area contributed by atoms with Gasteiger partial charge in [-0.2, -0.15) is 0 Å². The predicted octanol–water partition coefficient (Wildman–Crippen LogP) is 1.07. The van der Waals surface area contributed by atoms with Crippen LogP contribution in [0.25, 0.3) is 0 Å². The Morgan fingerprint density at radius 3 is 2.71 bits per heavy atom. The minimum Gasteiger partial charge on any atom is -0.491 e. The van der Waals surface area contributed by atoms with Gasteiger partial charge in [-0.3, -0.25) is 9.78 Å². The number of rotatable bonds is 5. The highest BCUT2D eigenvalue weighted by Crippen LogP contribution is 2.28. The molecule has 1 atom stereocenters. The van der Waals surface area contributed by atoms with Gasteiger partial charge in [-0.15, -0.1) is 0 Å². The van der Waals surface area contributed by atoms with Crippen LogP contribution >= 0.6 is 0 Å². The van der Waals surface area contributed by atoms with Gasteiger partial charge in [-0.1, -0.05) is 0 Å². The van der Waals surface area contributed by atoms with Gasteiger partial charge in [0.1, 0.15) is 22.2 Å². The molecular weight excluding hydrogens is 294 g/mol. The molecule has 1 aliphatic heterocycles. The Kier molecular flexibility index (Phi) is 5.17. The van der Waals surface area contributed by atoms with Gasteiger partial charge < -0.3 is 9.47 Å². The van der Waals surface area contributed by atoms with Crippen molar-refractivity contribution in [3.63, 3.8) is 0 Å². The SMILES string of the molecule is COC(=O)C(COc1cccnc1)C1CCS(=O)(=O)CC1. The van der Waals surface area contributed by atoms with E-state index in [4.69, 9.17) is 9.47 Å². The van der Waals surface area contributed by atoms with Crippen molar-refractivity contribution in [1.29, 1.82) is 0 Å². The molecule has 1 aromatic heterocycles. The number of sulfone groups is 1. The third kappa shape index (κ3) is 4.42. The summed E-state index contributed by atoms with van der Waals surface area (Å²) in [6.07, 6.45) is 4.15. The van der Waals surface area contributed by atoms with Gasteiger partial charge in [0.25, 0.3) is 0 Å². The number of carbonyl (C=O) groups excluding carboxylic acids is 1. The summed E-state index contributed by atoms with van der Waals surface area (Å²) in [6, 6.07) is 3.50. The van der Waals surface area contributed by atoms with Gasteiger partial charge in [-0.05, 0) is 30.9 Å². The monoisotopic (exact) mass is 313 g/mol. The van der Waals surface area contributed by atoms with Gasteiger partial charge in [0.05, 0.1) is 30.7 Å². The largest absolute Gasteiger partial charge is 0.491 e. The highest BCUT2D eigenvalue weighted by Gasteiger charge is 2.34. The van der Waals surface area contributed by atoms with E-state index < -0.39 is 15.8 Å². The number of pyridine rings is 1. The Balaban J connectivity index is 2.00. The molecule has 1 fully saturated rings. The minimum absolute atomic E-state index is 0.0300. The molecule has 7 heteroatoms. The fourth-order valence-electron chi connectivity index (χ4n) is 2.48. The quantitative estimate of drug-likeness (QED) is 0.756. The van der Waals surface area contributed by atoms with E-state index in [-0.39, 0.29) is 30.0 Å². The van der Waals surface area contributed by atoms with Gasteiger partial charge in [-0.25, -0.2) is 8.42 Å². The van der Waals surface area contributed by atoms with E-state index in [0.29, 0.717) is 18.6 Å². The van der Waals surface area contributed by atoms with Crippen molar-refractivity contribution in [1.82, 2.24) is 4.98 Å². The number of aromatic nitrogens is 1. The van der Waals surface area contributed by atoms with E-state index in [1.807, 2.05) is 0 Å². The summed E-state index contributed by atoms with van der Waals surface area (Å²) in [5, 5.41) is 0. The number of hydrogen-bond donors (Lipinski definition) is 0. The molecule has 1 aliphatic rings. The molecule has 0 saturated carbocycles. The molecular formula is C14H19NO5S. The summed E-state index contributed by atoms with van der Waals surface area (Å²) in [4.78, 5) is 15.9. The van der Waals surface area contributed by atoms with E-state index in [0.717, 1.165) is 0 Å². The van der Waals surface area contributed by atoms with Crippen LogP contribution < -0.4 is 4.74 Å². The van der Waals surface area contributed by atoms with Crippen LogP contribution in [-0.2, 0) is 19.4 Å². The Bertz CT molecular complexity index is 558. The van der Waals surface area contributed by atoms with Crippen molar-refractivity contribution in [2.24, 2.45) is 11.8 Å². The van der Waals surface area contributed by atoms with Crippen LogP contribution in [0.1, 0.15) is 12.8 Å². The van der Waals surface area contributed by atoms with Crippen LogP contribution in [0.15, 0.2) is 24.5 Å². The number of esters is 1. The molecule has 1 saturated heterocycles. The van der Waals surface area contributed by atoms with Crippen LogP contribution in [0, 0.1) is 11.8 Å². The molecule has 0 spiro atoms. The van der Waals surface area contributed by atoms with Crippen LogP contribution in [0.5, 0.6) is 5.75 Å². The lowest BCUT2D eigenvalue weighted by molar-refractivity contribution is -0.148. The molecule has 6 nitrogen and oxygen atoms in total. The van der Waals surface area contributed by atoms with Gasteiger partial charge >= 0.3 is 5.97 Å². The maximum Gasteiger partial charge on any atom is 0.312 e. The van der Waals surface area contributed by atoms with Crippen LogP contribution in [0.3, 0.4) is 0 Å². The first kappa shape index (κ1) is 15.8. The summed E-state index contributed by atoms with van der Waals surface area (Å²) in [7, 11) is -1.62. The van der Waals surface area contributed by atoms with Crippen molar-refractivity contribution in [2.45, 2.75) is 12.8 Å². The molecule has 2 heterocycles. The molecule has 0 aromatic carbocycles. The third-order valence-electron chi connectivity index (χ3n) is 3.74. The molecule has 0 bridgehead atoms. The second kappa shape index (κ2) is 6.89. The second-order valence-corrected chi connectivity index (χ2v) is 7.42. The lowest BCUT2D eigenvalue weighted by Crippen LogP contribution is -2.36. The Morgan fingerprint density at radius 2 is 2.14 bits per heavy atom. The maximum absolute atomic E-state index is 11.9. The van der Waals surface area contributed by atoms with E-state index in [1.165, 1.54) is 7.11 Å². The van der Waals surface area contributed by atoms with Crippen molar-refractivity contribution < 1.29 is 22.7 Å². The molecule has 0 aliphatic carbocycles. The zero-order valence-electron chi connectivity index (χ0n) is 11.9. The highest BCUT2D eigenvalue weighted by atomic mass is 32.2. The fourth-order valence-corrected chi connectivity index (χ4v) is 4.00. The number of nitrogens with zero attached hydrogens (tertiary/aromatic N) is 1. The van der Waals surface area contributed by atoms with Crippen LogP contribution in [-0.4, -0.2) is 44.6 Å². The lowest BCUT2D eigenvalue weighted by atomic mass is 9.88. The van der Waals surface area contributed by atoms with Crippen LogP contribution in [0.2, 0.25) is 0 Å². The summed E-state index contributed by atoms with van der Waals surface area (Å²) >= 11 is 0. The summed E-state index contributed by atoms with van der Waals surface area (Å²) in [6.45, 7) is 0.170. The molecule has 2 rings (SSSR count). The minimum atomic E-state index is -2.95. The zero-order chi connectivity index (χ0) is 15.3. The van der Waals surface area contributed by atoms with Crippen molar-refractivity contribution in [3.8, 4) is 5.75 Å². The van der Waals surface area contributed by atoms with Crippen molar-refractivity contribution in [2.75, 3.05) is 25.2 Å². The fraction of sp³-hybridized carbons (Fsp3) is 0.571. The smallest absolute Gasteiger partial charge is 0.312 e. The Morgan fingerprint density at radius 1 is 1.43 bits per heavy atom. The van der Waals surface area contributed by atoms with Crippen LogP contribution in [0.4, 0.5) is 0 Å². The summed E-state index contributed by atoms with van der Waals surface area (Å²) in [5.41, 5.74) is 0. The zero-order valence-corrected chi connectivity index (χ0v) is 12.7. The molecule has 1 unspecified atom stereocenters. The van der Waals surface area contributed by atoms with Gasteiger partial charge in [0, 0.05) is 6.20 Å². The number of ether oxygens (including phenoxy) is 2. The summed E-state index contributed by atoms with van der Waals surface area (Å²) < 4.78 is 33.4. The lowest BCUT2D eigenvalue weighted by Gasteiger charge is -2.28. The average Bonchev–Trinajstić information content (AvgIpc) is 2.49. The Hall–Kier alpha value is -1.63. The number of carbonyl (C=O) groups is 1. The number of methoxy groups -OCH3 is 1. The van der Waals surface area contributed by atoms with E-state index in [9.17, 15) is 13.2 Å². The van der Waals surface area contributed by atoms with Gasteiger partial charge in [0.2, 0.25) is 0 Å². The maximum atomic E-state index is 11.9.